The quantitative estimate of drug-likeness (QED) is 0.856. The van der Waals surface area contributed by atoms with Crippen LogP contribution in [0.5, 0.6) is 0 Å². The van der Waals surface area contributed by atoms with Gasteiger partial charge in [-0.2, -0.15) is 0 Å². The van der Waals surface area contributed by atoms with Crippen LogP contribution in [0, 0.1) is 13.8 Å². The van der Waals surface area contributed by atoms with Gasteiger partial charge in [0.25, 0.3) is 0 Å². The molecule has 1 aromatic heterocycles. The third-order valence-electron chi connectivity index (χ3n) is 3.05. The van der Waals surface area contributed by atoms with E-state index in [1.165, 1.54) is 11.1 Å². The fourth-order valence-electron chi connectivity index (χ4n) is 1.97. The Kier molecular flexibility index (Phi) is 4.00. The van der Waals surface area contributed by atoms with Gasteiger partial charge in [0.15, 0.2) is 0 Å². The SMILES string of the molecule is Cc1ccc(C)c(CC(O)c2ccnc(Cl)c2)c1. The van der Waals surface area contributed by atoms with Crippen molar-refractivity contribution in [1.82, 2.24) is 4.98 Å². The van der Waals surface area contributed by atoms with E-state index in [9.17, 15) is 5.11 Å². The summed E-state index contributed by atoms with van der Waals surface area (Å²) in [6.45, 7) is 4.11. The Morgan fingerprint density at radius 3 is 2.72 bits per heavy atom. The minimum absolute atomic E-state index is 0.410. The van der Waals surface area contributed by atoms with E-state index >= 15 is 0 Å². The highest BCUT2D eigenvalue weighted by molar-refractivity contribution is 6.29. The van der Waals surface area contributed by atoms with Gasteiger partial charge < -0.3 is 5.11 Å². The number of aryl methyl sites for hydroxylation is 2. The molecule has 0 aliphatic carbocycles. The maximum atomic E-state index is 10.2. The number of halogens is 1. The smallest absolute Gasteiger partial charge is 0.129 e. The van der Waals surface area contributed by atoms with E-state index in [4.69, 9.17) is 11.6 Å². The van der Waals surface area contributed by atoms with E-state index in [2.05, 4.69) is 37.0 Å². The first-order valence-corrected chi connectivity index (χ1v) is 6.29. The van der Waals surface area contributed by atoms with Gasteiger partial charge in [0, 0.05) is 12.6 Å². The lowest BCUT2D eigenvalue weighted by Gasteiger charge is -2.13. The predicted molar refractivity (Wildman–Crippen MR) is 73.8 cm³/mol. The maximum Gasteiger partial charge on any atom is 0.129 e. The molecule has 0 bridgehead atoms. The zero-order valence-electron chi connectivity index (χ0n) is 10.5. The number of hydrogen-bond donors (Lipinski definition) is 1. The van der Waals surface area contributed by atoms with Crippen LogP contribution in [-0.4, -0.2) is 10.1 Å². The molecule has 2 rings (SSSR count). The summed E-state index contributed by atoms with van der Waals surface area (Å²) < 4.78 is 0. The summed E-state index contributed by atoms with van der Waals surface area (Å²) in [6.07, 6.45) is 1.66. The molecule has 1 heterocycles. The average Bonchev–Trinajstić information content (AvgIpc) is 2.34. The Balaban J connectivity index is 2.21. The Hall–Kier alpha value is -1.38. The van der Waals surface area contributed by atoms with E-state index in [0.29, 0.717) is 11.6 Å². The first kappa shape index (κ1) is 13.1. The molecule has 2 aromatic rings. The number of aromatic nitrogens is 1. The third kappa shape index (κ3) is 3.09. The fraction of sp³-hybridized carbons (Fsp3) is 0.267. The first-order valence-electron chi connectivity index (χ1n) is 5.92. The van der Waals surface area contributed by atoms with Gasteiger partial charge in [0.05, 0.1) is 6.10 Å². The summed E-state index contributed by atoms with van der Waals surface area (Å²) in [4.78, 5) is 3.92. The maximum absolute atomic E-state index is 10.2. The number of aliphatic hydroxyl groups is 1. The van der Waals surface area contributed by atoms with Crippen molar-refractivity contribution in [2.24, 2.45) is 0 Å². The highest BCUT2D eigenvalue weighted by Gasteiger charge is 2.11. The number of pyridine rings is 1. The molecule has 94 valence electrons. The number of benzene rings is 1. The van der Waals surface area contributed by atoms with Crippen molar-refractivity contribution in [3.63, 3.8) is 0 Å². The van der Waals surface area contributed by atoms with Crippen LogP contribution in [0.15, 0.2) is 36.5 Å². The largest absolute Gasteiger partial charge is 0.388 e. The van der Waals surface area contributed by atoms with Gasteiger partial charge in [-0.1, -0.05) is 35.4 Å². The van der Waals surface area contributed by atoms with Crippen molar-refractivity contribution < 1.29 is 5.11 Å². The van der Waals surface area contributed by atoms with E-state index < -0.39 is 6.10 Å². The summed E-state index contributed by atoms with van der Waals surface area (Å²) in [6, 6.07) is 9.77. The number of hydrogen-bond acceptors (Lipinski definition) is 2. The van der Waals surface area contributed by atoms with Gasteiger partial charge in [0.1, 0.15) is 5.15 Å². The molecule has 0 saturated heterocycles. The summed E-state index contributed by atoms with van der Waals surface area (Å²) in [7, 11) is 0. The Morgan fingerprint density at radius 1 is 1.22 bits per heavy atom. The van der Waals surface area contributed by atoms with E-state index in [-0.39, 0.29) is 0 Å². The monoisotopic (exact) mass is 261 g/mol. The Bertz CT molecular complexity index is 554. The Labute approximate surface area is 112 Å². The van der Waals surface area contributed by atoms with Gasteiger partial charge in [-0.3, -0.25) is 0 Å². The standard InChI is InChI=1S/C15H16ClNO/c1-10-3-4-11(2)13(7-10)8-14(18)12-5-6-17-15(16)9-12/h3-7,9,14,18H,8H2,1-2H3. The normalized spacial score (nSPS) is 12.4. The lowest BCUT2D eigenvalue weighted by Crippen LogP contribution is -2.03. The van der Waals surface area contributed by atoms with E-state index in [0.717, 1.165) is 11.1 Å². The number of aliphatic hydroxyl groups excluding tert-OH is 1. The van der Waals surface area contributed by atoms with Crippen molar-refractivity contribution in [2.75, 3.05) is 0 Å². The van der Waals surface area contributed by atoms with Gasteiger partial charge in [-0.05, 0) is 42.7 Å². The summed E-state index contributed by atoms with van der Waals surface area (Å²) >= 11 is 5.83. The molecule has 0 aliphatic rings. The van der Waals surface area contributed by atoms with Crippen molar-refractivity contribution in [1.29, 1.82) is 0 Å². The molecule has 1 N–H and O–H groups in total. The third-order valence-corrected chi connectivity index (χ3v) is 3.26. The molecule has 0 saturated carbocycles. The lowest BCUT2D eigenvalue weighted by molar-refractivity contribution is 0.178. The number of nitrogens with zero attached hydrogens (tertiary/aromatic N) is 1. The topological polar surface area (TPSA) is 33.1 Å². The van der Waals surface area contributed by atoms with Gasteiger partial charge >= 0.3 is 0 Å². The van der Waals surface area contributed by atoms with Crippen LogP contribution >= 0.6 is 11.6 Å². The first-order chi connectivity index (χ1) is 8.56. The molecule has 1 unspecified atom stereocenters. The summed E-state index contributed by atoms with van der Waals surface area (Å²) in [5, 5.41) is 10.6. The lowest BCUT2D eigenvalue weighted by atomic mass is 9.97. The van der Waals surface area contributed by atoms with Crippen LogP contribution in [0.3, 0.4) is 0 Å². The minimum Gasteiger partial charge on any atom is -0.388 e. The summed E-state index contributed by atoms with van der Waals surface area (Å²) in [5.74, 6) is 0. The van der Waals surface area contributed by atoms with Crippen molar-refractivity contribution in [2.45, 2.75) is 26.4 Å². The summed E-state index contributed by atoms with van der Waals surface area (Å²) in [5.41, 5.74) is 4.36. The van der Waals surface area contributed by atoms with Crippen LogP contribution in [-0.2, 0) is 6.42 Å². The van der Waals surface area contributed by atoms with Crippen molar-refractivity contribution >= 4 is 11.6 Å². The molecule has 0 radical (unpaired) electrons. The second kappa shape index (κ2) is 5.51. The molecular formula is C15H16ClNO. The van der Waals surface area contributed by atoms with Crippen LogP contribution < -0.4 is 0 Å². The second-order valence-corrected chi connectivity index (χ2v) is 4.95. The zero-order chi connectivity index (χ0) is 13.1. The molecule has 0 aliphatic heterocycles. The van der Waals surface area contributed by atoms with Crippen molar-refractivity contribution in [3.05, 3.63) is 63.9 Å². The molecule has 0 amide bonds. The van der Waals surface area contributed by atoms with Gasteiger partial charge in [0.2, 0.25) is 0 Å². The van der Waals surface area contributed by atoms with Gasteiger partial charge in [-0.15, -0.1) is 0 Å². The zero-order valence-corrected chi connectivity index (χ0v) is 11.3. The fourth-order valence-corrected chi connectivity index (χ4v) is 2.15. The molecular weight excluding hydrogens is 246 g/mol. The molecule has 2 nitrogen and oxygen atoms in total. The molecule has 1 atom stereocenters. The molecule has 18 heavy (non-hydrogen) atoms. The van der Waals surface area contributed by atoms with E-state index in [1.54, 1.807) is 18.3 Å². The highest BCUT2D eigenvalue weighted by atomic mass is 35.5. The van der Waals surface area contributed by atoms with Crippen LogP contribution in [0.1, 0.15) is 28.4 Å². The molecule has 0 spiro atoms. The Morgan fingerprint density at radius 2 is 2.00 bits per heavy atom. The molecule has 3 heteroatoms. The van der Waals surface area contributed by atoms with Crippen LogP contribution in [0.4, 0.5) is 0 Å². The average molecular weight is 262 g/mol. The minimum atomic E-state index is -0.550. The number of rotatable bonds is 3. The van der Waals surface area contributed by atoms with Crippen LogP contribution in [0.2, 0.25) is 5.15 Å². The predicted octanol–water partition coefficient (Wildman–Crippen LogP) is 3.63. The molecule has 1 aromatic carbocycles. The second-order valence-electron chi connectivity index (χ2n) is 4.56. The highest BCUT2D eigenvalue weighted by Crippen LogP contribution is 2.22. The van der Waals surface area contributed by atoms with E-state index in [1.807, 2.05) is 0 Å². The van der Waals surface area contributed by atoms with Gasteiger partial charge in [-0.25, -0.2) is 4.98 Å². The molecule has 0 fully saturated rings. The van der Waals surface area contributed by atoms with Crippen LogP contribution in [0.25, 0.3) is 0 Å². The van der Waals surface area contributed by atoms with Crippen molar-refractivity contribution in [3.8, 4) is 0 Å².